The molecule has 1 unspecified atom stereocenters. The van der Waals surface area contributed by atoms with Gasteiger partial charge in [0.25, 0.3) is 5.91 Å². The minimum absolute atomic E-state index is 0.126. The molecule has 1 aliphatic heterocycles. The number of rotatable bonds is 6. The highest BCUT2D eigenvalue weighted by Crippen LogP contribution is 2.33. The molecule has 0 fully saturated rings. The van der Waals surface area contributed by atoms with Crippen molar-refractivity contribution < 1.29 is 13.9 Å². The summed E-state index contributed by atoms with van der Waals surface area (Å²) in [6, 6.07) is 23.3. The number of ether oxygens (including phenoxy) is 1. The molecule has 0 spiro atoms. The molecule has 0 saturated carbocycles. The number of likely N-dealkylation sites (N-methyl/N-ethyl adjacent to an activating group) is 1. The van der Waals surface area contributed by atoms with Crippen molar-refractivity contribution in [3.05, 3.63) is 95.8 Å². The van der Waals surface area contributed by atoms with Gasteiger partial charge in [0.05, 0.1) is 25.4 Å². The number of carbonyl (C=O) groups is 1. The van der Waals surface area contributed by atoms with E-state index < -0.39 is 0 Å². The second-order valence-corrected chi connectivity index (χ2v) is 7.48. The Morgan fingerprint density at radius 3 is 2.55 bits per heavy atom. The molecule has 3 aromatic carbocycles. The molecule has 0 bridgehead atoms. The van der Waals surface area contributed by atoms with Crippen LogP contribution < -0.4 is 9.64 Å². The van der Waals surface area contributed by atoms with E-state index in [9.17, 15) is 9.18 Å². The van der Waals surface area contributed by atoms with Crippen molar-refractivity contribution in [3.63, 3.8) is 0 Å². The van der Waals surface area contributed by atoms with Crippen molar-refractivity contribution in [2.75, 3.05) is 25.6 Å². The molecule has 31 heavy (non-hydrogen) atoms. The molecule has 1 amide bonds. The van der Waals surface area contributed by atoms with Crippen molar-refractivity contribution in [1.29, 1.82) is 0 Å². The van der Waals surface area contributed by atoms with Crippen molar-refractivity contribution in [2.24, 2.45) is 5.10 Å². The van der Waals surface area contributed by atoms with Crippen LogP contribution in [0.5, 0.6) is 5.75 Å². The van der Waals surface area contributed by atoms with Crippen LogP contribution in [0.3, 0.4) is 0 Å². The van der Waals surface area contributed by atoms with E-state index in [1.807, 2.05) is 66.5 Å². The smallest absolute Gasteiger partial charge is 0.262 e. The van der Waals surface area contributed by atoms with Gasteiger partial charge >= 0.3 is 0 Å². The number of hydrogen-bond acceptors (Lipinski definition) is 4. The van der Waals surface area contributed by atoms with Crippen LogP contribution in [0.4, 0.5) is 10.1 Å². The normalized spacial score (nSPS) is 15.5. The largest absolute Gasteiger partial charge is 0.497 e. The minimum Gasteiger partial charge on any atom is -0.497 e. The monoisotopic (exact) mass is 417 g/mol. The summed E-state index contributed by atoms with van der Waals surface area (Å²) in [7, 11) is 3.50. The molecule has 6 heteroatoms. The van der Waals surface area contributed by atoms with Crippen LogP contribution in [0.1, 0.15) is 23.6 Å². The maximum absolute atomic E-state index is 13.5. The summed E-state index contributed by atoms with van der Waals surface area (Å²) in [5, 5.41) is 6.21. The number of carbonyl (C=O) groups excluding carboxylic acids is 1. The SMILES string of the molecule is COc1cccc(C2=NN(C(=O)CN(C)c3ccccc3)C(c3ccc(F)cc3)C2)c1. The number of benzene rings is 3. The third kappa shape index (κ3) is 4.58. The summed E-state index contributed by atoms with van der Waals surface area (Å²) in [6.45, 7) is 0.177. The first kappa shape index (κ1) is 20.6. The Bertz CT molecular complexity index is 1080. The van der Waals surface area contributed by atoms with Crippen LogP contribution >= 0.6 is 0 Å². The van der Waals surface area contributed by atoms with E-state index >= 15 is 0 Å². The number of hydrogen-bond donors (Lipinski definition) is 0. The molecular weight excluding hydrogens is 393 g/mol. The lowest BCUT2D eigenvalue weighted by Gasteiger charge is -2.25. The maximum atomic E-state index is 13.5. The van der Waals surface area contributed by atoms with Crippen LogP contribution in [0.15, 0.2) is 84.0 Å². The zero-order valence-corrected chi connectivity index (χ0v) is 17.5. The topological polar surface area (TPSA) is 45.1 Å². The summed E-state index contributed by atoms with van der Waals surface area (Å²) in [5.74, 6) is 0.295. The van der Waals surface area contributed by atoms with Crippen LogP contribution in [0.25, 0.3) is 0 Å². The van der Waals surface area contributed by atoms with E-state index in [1.165, 1.54) is 17.1 Å². The second kappa shape index (κ2) is 9.00. The highest BCUT2D eigenvalue weighted by atomic mass is 19.1. The van der Waals surface area contributed by atoms with Gasteiger partial charge in [-0.15, -0.1) is 0 Å². The highest BCUT2D eigenvalue weighted by molar-refractivity contribution is 6.03. The van der Waals surface area contributed by atoms with Gasteiger partial charge in [0.1, 0.15) is 11.6 Å². The molecule has 1 aliphatic rings. The summed E-state index contributed by atoms with van der Waals surface area (Å²) in [6.07, 6.45) is 0.541. The third-order valence-corrected chi connectivity index (χ3v) is 5.39. The fraction of sp³-hybridized carbons (Fsp3) is 0.200. The van der Waals surface area contributed by atoms with Gasteiger partial charge in [-0.2, -0.15) is 5.10 Å². The fourth-order valence-electron chi connectivity index (χ4n) is 3.71. The number of methoxy groups -OCH3 is 1. The molecule has 0 aliphatic carbocycles. The van der Waals surface area contributed by atoms with Crippen molar-refractivity contribution >= 4 is 17.3 Å². The Morgan fingerprint density at radius 1 is 1.10 bits per heavy atom. The Labute approximate surface area is 181 Å². The number of para-hydroxylation sites is 1. The summed E-state index contributed by atoms with van der Waals surface area (Å²) in [5.41, 5.74) is 3.49. The number of halogens is 1. The summed E-state index contributed by atoms with van der Waals surface area (Å²) < 4.78 is 18.8. The van der Waals surface area contributed by atoms with Gasteiger partial charge < -0.3 is 9.64 Å². The molecule has 158 valence electrons. The summed E-state index contributed by atoms with van der Waals surface area (Å²) >= 11 is 0. The highest BCUT2D eigenvalue weighted by Gasteiger charge is 2.33. The molecule has 1 heterocycles. The summed E-state index contributed by atoms with van der Waals surface area (Å²) in [4.78, 5) is 15.2. The maximum Gasteiger partial charge on any atom is 0.262 e. The van der Waals surface area contributed by atoms with E-state index in [0.29, 0.717) is 6.42 Å². The molecule has 1 atom stereocenters. The molecule has 0 radical (unpaired) electrons. The standard InChI is InChI=1S/C25H24FN3O2/c1-28(21-8-4-3-5-9-21)17-25(30)29-24(18-11-13-20(26)14-12-18)16-23(27-29)19-7-6-10-22(15-19)31-2/h3-15,24H,16-17H2,1-2H3. The van der Waals surface area contributed by atoms with Crippen LogP contribution in [-0.2, 0) is 4.79 Å². The van der Waals surface area contributed by atoms with E-state index in [-0.39, 0.29) is 24.3 Å². The predicted molar refractivity (Wildman–Crippen MR) is 120 cm³/mol. The number of hydrazone groups is 1. The molecule has 0 aromatic heterocycles. The third-order valence-electron chi connectivity index (χ3n) is 5.39. The van der Waals surface area contributed by atoms with Crippen molar-refractivity contribution in [2.45, 2.75) is 12.5 Å². The first-order valence-corrected chi connectivity index (χ1v) is 10.1. The van der Waals surface area contributed by atoms with Crippen LogP contribution in [-0.4, -0.2) is 37.3 Å². The van der Waals surface area contributed by atoms with Crippen molar-refractivity contribution in [1.82, 2.24) is 5.01 Å². The van der Waals surface area contributed by atoms with E-state index in [0.717, 1.165) is 28.3 Å². The Balaban J connectivity index is 1.63. The Morgan fingerprint density at radius 2 is 1.84 bits per heavy atom. The van der Waals surface area contributed by atoms with E-state index in [2.05, 4.69) is 5.10 Å². The number of amides is 1. The molecular formula is C25H24FN3O2. The van der Waals surface area contributed by atoms with Gasteiger partial charge in [-0.1, -0.05) is 42.5 Å². The zero-order chi connectivity index (χ0) is 21.8. The Hall–Kier alpha value is -3.67. The van der Waals surface area contributed by atoms with Gasteiger partial charge in [0, 0.05) is 24.7 Å². The van der Waals surface area contributed by atoms with Gasteiger partial charge in [-0.25, -0.2) is 9.40 Å². The van der Waals surface area contributed by atoms with Gasteiger partial charge in [0.2, 0.25) is 0 Å². The molecule has 5 nitrogen and oxygen atoms in total. The molecule has 4 rings (SSSR count). The minimum atomic E-state index is -0.308. The molecule has 0 N–H and O–H groups in total. The average Bonchev–Trinajstić information content (AvgIpc) is 3.26. The fourth-order valence-corrected chi connectivity index (χ4v) is 3.71. The quantitative estimate of drug-likeness (QED) is 0.587. The lowest BCUT2D eigenvalue weighted by molar-refractivity contribution is -0.131. The van der Waals surface area contributed by atoms with Gasteiger partial charge in [-0.3, -0.25) is 4.79 Å². The zero-order valence-electron chi connectivity index (χ0n) is 17.5. The number of nitrogens with zero attached hydrogens (tertiary/aromatic N) is 3. The average molecular weight is 417 g/mol. The van der Waals surface area contributed by atoms with Crippen LogP contribution in [0.2, 0.25) is 0 Å². The van der Waals surface area contributed by atoms with Crippen LogP contribution in [0, 0.1) is 5.82 Å². The second-order valence-electron chi connectivity index (χ2n) is 7.48. The Kier molecular flexibility index (Phi) is 5.98. The lowest BCUT2D eigenvalue weighted by atomic mass is 9.98. The predicted octanol–water partition coefficient (Wildman–Crippen LogP) is 4.65. The first-order valence-electron chi connectivity index (χ1n) is 10.1. The van der Waals surface area contributed by atoms with Gasteiger partial charge in [0.15, 0.2) is 0 Å². The van der Waals surface area contributed by atoms with E-state index in [1.54, 1.807) is 19.2 Å². The lowest BCUT2D eigenvalue weighted by Crippen LogP contribution is -2.36. The van der Waals surface area contributed by atoms with Crippen molar-refractivity contribution in [3.8, 4) is 5.75 Å². The van der Waals surface area contributed by atoms with E-state index in [4.69, 9.17) is 4.74 Å². The molecule has 0 saturated heterocycles. The number of anilines is 1. The van der Waals surface area contributed by atoms with Gasteiger partial charge in [-0.05, 0) is 42.0 Å². The first-order chi connectivity index (χ1) is 15.0. The molecule has 3 aromatic rings.